The van der Waals surface area contributed by atoms with Crippen LogP contribution in [0, 0.1) is 0 Å². The third-order valence-corrected chi connectivity index (χ3v) is 5.63. The highest BCUT2D eigenvalue weighted by atomic mass is 32.2. The van der Waals surface area contributed by atoms with Crippen molar-refractivity contribution in [2.24, 2.45) is 5.14 Å². The van der Waals surface area contributed by atoms with Crippen LogP contribution in [0.2, 0.25) is 0 Å². The van der Waals surface area contributed by atoms with Crippen LogP contribution in [0.15, 0.2) is 48.5 Å². The van der Waals surface area contributed by atoms with Gasteiger partial charge in [0.05, 0.1) is 22.8 Å². The van der Waals surface area contributed by atoms with Gasteiger partial charge >= 0.3 is 6.18 Å². The summed E-state index contributed by atoms with van der Waals surface area (Å²) in [4.78, 5) is 7.08. The molecule has 0 saturated heterocycles. The van der Waals surface area contributed by atoms with Crippen molar-refractivity contribution in [2.45, 2.75) is 17.7 Å². The third-order valence-electron chi connectivity index (χ3n) is 4.32. The topological polar surface area (TPSA) is 149 Å². The number of hydrogen-bond donors (Lipinski definition) is 3. The maximum absolute atomic E-state index is 13.3. The van der Waals surface area contributed by atoms with E-state index < -0.39 is 44.7 Å². The molecule has 1 aromatic heterocycles. The van der Waals surface area contributed by atoms with Gasteiger partial charge in [0.25, 0.3) is 0 Å². The zero-order valence-electron chi connectivity index (χ0n) is 16.2. The maximum atomic E-state index is 13.3. The molecule has 13 heteroatoms. The summed E-state index contributed by atoms with van der Waals surface area (Å²) in [7, 11) is -3.76. The largest absolute Gasteiger partial charge is 0.451 e. The molecule has 1 atom stereocenters. The molecule has 1 unspecified atom stereocenters. The fourth-order valence-electron chi connectivity index (χ4n) is 3.00. The molecule has 0 saturated carbocycles. The van der Waals surface area contributed by atoms with Crippen molar-refractivity contribution in [2.75, 3.05) is 5.73 Å². The first-order chi connectivity index (χ1) is 14.8. The molecule has 0 amide bonds. The third kappa shape index (κ3) is 5.88. The van der Waals surface area contributed by atoms with Gasteiger partial charge in [-0.25, -0.2) is 27.7 Å². The Morgan fingerprint density at radius 2 is 1.47 bits per heavy atom. The first-order valence-electron chi connectivity index (χ1n) is 8.85. The Labute approximate surface area is 183 Å². The minimum Gasteiger partial charge on any atom is -0.383 e. The van der Waals surface area contributed by atoms with Gasteiger partial charge in [0.1, 0.15) is 5.82 Å². The van der Waals surface area contributed by atoms with E-state index in [9.17, 15) is 25.8 Å². The molecule has 5 N–H and O–H groups in total. The number of sulfonamides is 1. The summed E-state index contributed by atoms with van der Waals surface area (Å²) in [5.41, 5.74) is 7.44. The average molecular weight is 486 g/mol. The van der Waals surface area contributed by atoms with Crippen LogP contribution in [0.4, 0.5) is 19.0 Å². The number of rotatable bonds is 6. The fourth-order valence-corrected chi connectivity index (χ4v) is 4.13. The molecule has 3 rings (SSSR count). The Kier molecular flexibility index (Phi) is 6.64. The molecule has 0 bridgehead atoms. The van der Waals surface area contributed by atoms with E-state index in [0.717, 1.165) is 0 Å². The van der Waals surface area contributed by atoms with Crippen LogP contribution >= 0.6 is 0 Å². The highest BCUT2D eigenvalue weighted by Gasteiger charge is 2.36. The van der Waals surface area contributed by atoms with Gasteiger partial charge in [0.2, 0.25) is 15.8 Å². The van der Waals surface area contributed by atoms with E-state index in [1.165, 1.54) is 48.5 Å². The average Bonchev–Trinajstić information content (AvgIpc) is 2.66. The maximum Gasteiger partial charge on any atom is 0.451 e. The van der Waals surface area contributed by atoms with Crippen LogP contribution in [0.1, 0.15) is 17.0 Å². The normalized spacial score (nSPS) is 13.2. The second-order valence-electron chi connectivity index (χ2n) is 6.82. The highest BCUT2D eigenvalue weighted by Crippen LogP contribution is 2.38. The monoisotopic (exact) mass is 486 g/mol. The molecular weight excluding hydrogens is 469 g/mol. The van der Waals surface area contributed by atoms with Gasteiger partial charge in [-0.15, -0.1) is 0 Å². The molecule has 32 heavy (non-hydrogen) atoms. The summed E-state index contributed by atoms with van der Waals surface area (Å²) in [6.45, 7) is 0. The number of nitrogens with zero attached hydrogens (tertiary/aromatic N) is 2. The first kappa shape index (κ1) is 23.8. The lowest BCUT2D eigenvalue weighted by Crippen LogP contribution is -2.15. The van der Waals surface area contributed by atoms with Crippen LogP contribution in [0.5, 0.6) is 0 Å². The summed E-state index contributed by atoms with van der Waals surface area (Å²) < 4.78 is 82.4. The van der Waals surface area contributed by atoms with Crippen LogP contribution in [-0.2, 0) is 38.8 Å². The number of anilines is 1. The lowest BCUT2D eigenvalue weighted by molar-refractivity contribution is -0.144. The van der Waals surface area contributed by atoms with Crippen molar-refractivity contribution in [3.8, 4) is 22.4 Å². The van der Waals surface area contributed by atoms with Gasteiger partial charge in [-0.1, -0.05) is 48.5 Å². The van der Waals surface area contributed by atoms with Crippen LogP contribution in [-0.4, -0.2) is 27.1 Å². The van der Waals surface area contributed by atoms with Crippen molar-refractivity contribution >= 4 is 26.9 Å². The molecule has 0 fully saturated rings. The fraction of sp³-hybridized carbons (Fsp3) is 0.158. The molecule has 3 aromatic rings. The molecule has 170 valence electrons. The Morgan fingerprint density at radius 3 is 1.97 bits per heavy atom. The van der Waals surface area contributed by atoms with Crippen LogP contribution < -0.4 is 10.9 Å². The summed E-state index contributed by atoms with van der Waals surface area (Å²) in [6.07, 6.45) is -4.84. The number of benzene rings is 2. The zero-order chi connectivity index (χ0) is 23.7. The number of halogens is 3. The number of hydrogen-bond acceptors (Lipinski definition) is 6. The van der Waals surface area contributed by atoms with E-state index in [1.807, 2.05) is 0 Å². The van der Waals surface area contributed by atoms with Gasteiger partial charge in [-0.2, -0.15) is 13.2 Å². The van der Waals surface area contributed by atoms with Crippen LogP contribution in [0.3, 0.4) is 0 Å². The lowest BCUT2D eigenvalue weighted by atomic mass is 9.98. The Balaban J connectivity index is 2.14. The predicted octanol–water partition coefficient (Wildman–Crippen LogP) is 2.92. The van der Waals surface area contributed by atoms with E-state index >= 15 is 0 Å². The van der Waals surface area contributed by atoms with E-state index in [4.69, 9.17) is 15.4 Å². The predicted molar refractivity (Wildman–Crippen MR) is 114 cm³/mol. The summed E-state index contributed by atoms with van der Waals surface area (Å²) in [5, 5.41) is 5.03. The van der Waals surface area contributed by atoms with Crippen molar-refractivity contribution < 1.29 is 30.4 Å². The Hall–Kier alpha value is -2.87. The molecule has 0 aliphatic rings. The van der Waals surface area contributed by atoms with E-state index in [1.54, 1.807) is 0 Å². The van der Waals surface area contributed by atoms with E-state index in [-0.39, 0.29) is 22.6 Å². The van der Waals surface area contributed by atoms with Crippen molar-refractivity contribution in [1.82, 2.24) is 9.97 Å². The van der Waals surface area contributed by atoms with Crippen molar-refractivity contribution in [3.63, 3.8) is 0 Å². The molecule has 8 nitrogen and oxygen atoms in total. The lowest BCUT2D eigenvalue weighted by Gasteiger charge is -2.15. The van der Waals surface area contributed by atoms with Crippen molar-refractivity contribution in [1.29, 1.82) is 0 Å². The van der Waals surface area contributed by atoms with Crippen molar-refractivity contribution in [3.05, 3.63) is 65.5 Å². The van der Waals surface area contributed by atoms with Crippen LogP contribution in [0.25, 0.3) is 22.4 Å². The summed E-state index contributed by atoms with van der Waals surface area (Å²) in [6, 6.07) is 11.8. The number of nitrogens with two attached hydrogens (primary N) is 2. The number of aromatic nitrogens is 2. The molecule has 0 spiro atoms. The summed E-state index contributed by atoms with van der Waals surface area (Å²) >= 11 is -2.08. The highest BCUT2D eigenvalue weighted by molar-refractivity contribution is 7.88. The minimum atomic E-state index is -4.84. The van der Waals surface area contributed by atoms with Gasteiger partial charge in [0.15, 0.2) is 11.1 Å². The van der Waals surface area contributed by atoms with E-state index in [2.05, 4.69) is 9.97 Å². The number of alkyl halides is 3. The van der Waals surface area contributed by atoms with E-state index in [0.29, 0.717) is 16.7 Å². The second kappa shape index (κ2) is 8.94. The van der Waals surface area contributed by atoms with Gasteiger partial charge < -0.3 is 10.3 Å². The Bertz CT molecular complexity index is 1260. The molecule has 0 radical (unpaired) electrons. The molecule has 1 heterocycles. The molecular formula is C19H17F3N4O4S2. The molecule has 0 aliphatic heterocycles. The quantitative estimate of drug-likeness (QED) is 0.454. The zero-order valence-corrected chi connectivity index (χ0v) is 17.8. The van der Waals surface area contributed by atoms with Gasteiger partial charge in [-0.3, -0.25) is 0 Å². The molecule has 0 aliphatic carbocycles. The Morgan fingerprint density at radius 1 is 0.938 bits per heavy atom. The number of nitrogen functional groups attached to an aromatic ring is 1. The van der Waals surface area contributed by atoms with Gasteiger partial charge in [-0.05, 0) is 16.7 Å². The molecule has 2 aromatic carbocycles. The first-order valence-corrected chi connectivity index (χ1v) is 11.8. The standard InChI is InChI=1S/C19H17F3N4O4S2/c20-19(21,22)18-25-16(14-7-1-11(2-8-14)9-31(27)28)15(17(23)26-18)13-5-3-12(4-6-13)10-32(24,29)30/h1-8H,9-10H2,(H,27,28)(H2,23,25,26)(H2,24,29,30). The minimum absolute atomic E-state index is 0.0966. The summed E-state index contributed by atoms with van der Waals surface area (Å²) in [5.74, 6) is -2.38. The smallest absolute Gasteiger partial charge is 0.383 e. The number of primary sulfonamides is 1. The SMILES string of the molecule is Nc1nc(C(F)(F)F)nc(-c2ccc(CS(=O)O)cc2)c1-c1ccc(CS(N)(=O)=O)cc1. The van der Waals surface area contributed by atoms with Gasteiger partial charge in [0, 0.05) is 5.56 Å². The second-order valence-corrected chi connectivity index (χ2v) is 9.37.